The highest BCUT2D eigenvalue weighted by Gasteiger charge is 2.30. The quantitative estimate of drug-likeness (QED) is 0.893. The zero-order valence-corrected chi connectivity index (χ0v) is 12.8. The number of carbonyl (C=O) groups is 2. The second-order valence-electron chi connectivity index (χ2n) is 6.06. The lowest BCUT2D eigenvalue weighted by Crippen LogP contribution is -2.38. The Morgan fingerprint density at radius 2 is 2.05 bits per heavy atom. The predicted molar refractivity (Wildman–Crippen MR) is 80.4 cm³/mol. The van der Waals surface area contributed by atoms with Crippen molar-refractivity contribution in [3.05, 3.63) is 29.8 Å². The van der Waals surface area contributed by atoms with E-state index in [0.717, 1.165) is 18.4 Å². The monoisotopic (exact) mass is 307 g/mol. The zero-order valence-electron chi connectivity index (χ0n) is 12.8. The molecule has 1 aliphatic heterocycles. The topological polar surface area (TPSA) is 87.1 Å². The summed E-state index contributed by atoms with van der Waals surface area (Å²) in [5.74, 6) is -0.439. The van der Waals surface area contributed by atoms with E-state index in [0.29, 0.717) is 18.8 Å². The minimum absolute atomic E-state index is 0.112. The summed E-state index contributed by atoms with van der Waals surface area (Å²) in [4.78, 5) is 23.6. The molecule has 1 atom stereocenters. The van der Waals surface area contributed by atoms with Crippen molar-refractivity contribution in [3.8, 4) is 5.75 Å². The molecule has 120 valence electrons. The second-order valence-corrected chi connectivity index (χ2v) is 6.06. The van der Waals surface area contributed by atoms with E-state index in [9.17, 15) is 9.59 Å². The minimum atomic E-state index is -1.31. The molecule has 0 bridgehead atoms. The summed E-state index contributed by atoms with van der Waals surface area (Å²) >= 11 is 0. The van der Waals surface area contributed by atoms with Gasteiger partial charge in [0.05, 0.1) is 0 Å². The van der Waals surface area contributed by atoms with Gasteiger partial charge in [-0.25, -0.2) is 9.59 Å². The summed E-state index contributed by atoms with van der Waals surface area (Å²) in [6, 6.07) is 7.26. The van der Waals surface area contributed by atoms with Crippen molar-refractivity contribution < 1.29 is 24.5 Å². The van der Waals surface area contributed by atoms with Crippen LogP contribution in [-0.4, -0.2) is 45.9 Å². The Hall–Kier alpha value is -2.24. The maximum absolute atomic E-state index is 11.1. The zero-order chi connectivity index (χ0) is 16.3. The van der Waals surface area contributed by atoms with Crippen LogP contribution < -0.4 is 4.74 Å². The van der Waals surface area contributed by atoms with E-state index in [1.54, 1.807) is 12.1 Å². The van der Waals surface area contributed by atoms with Crippen LogP contribution in [0, 0.1) is 0 Å². The molecule has 0 aromatic heterocycles. The van der Waals surface area contributed by atoms with Gasteiger partial charge in [0.2, 0.25) is 0 Å². The van der Waals surface area contributed by atoms with Gasteiger partial charge in [0.1, 0.15) is 5.75 Å². The number of benzene rings is 1. The molecular formula is C16H21NO5. The number of hydrogen-bond donors (Lipinski definition) is 2. The molecule has 1 aromatic carbocycles. The Labute approximate surface area is 129 Å². The van der Waals surface area contributed by atoms with Crippen LogP contribution in [0.1, 0.15) is 38.2 Å². The predicted octanol–water partition coefficient (Wildman–Crippen LogP) is 2.79. The van der Waals surface area contributed by atoms with Gasteiger partial charge in [-0.3, -0.25) is 0 Å². The third-order valence-corrected chi connectivity index (χ3v) is 3.91. The van der Waals surface area contributed by atoms with Crippen LogP contribution in [0.25, 0.3) is 0 Å². The van der Waals surface area contributed by atoms with Crippen LogP contribution in [0.2, 0.25) is 0 Å². The molecule has 1 unspecified atom stereocenters. The Morgan fingerprint density at radius 1 is 1.32 bits per heavy atom. The normalized spacial score (nSPS) is 18.8. The smallest absolute Gasteiger partial charge is 0.407 e. The Balaban J connectivity index is 2.14. The number of carboxylic acids is 1. The number of carboxylic acid groups (broad SMARTS) is 2. The van der Waals surface area contributed by atoms with Crippen molar-refractivity contribution in [1.82, 2.24) is 4.90 Å². The number of likely N-dealkylation sites (tertiary alicyclic amines) is 1. The van der Waals surface area contributed by atoms with Gasteiger partial charge < -0.3 is 19.8 Å². The summed E-state index contributed by atoms with van der Waals surface area (Å²) in [5.41, 5.74) is -0.331. The van der Waals surface area contributed by atoms with E-state index in [1.165, 1.54) is 18.7 Å². The van der Waals surface area contributed by atoms with Gasteiger partial charge in [0.15, 0.2) is 5.60 Å². The van der Waals surface area contributed by atoms with Gasteiger partial charge in [-0.2, -0.15) is 0 Å². The lowest BCUT2D eigenvalue weighted by atomic mass is 9.90. The Morgan fingerprint density at radius 3 is 2.68 bits per heavy atom. The number of rotatable bonds is 4. The molecule has 0 spiro atoms. The highest BCUT2D eigenvalue weighted by Crippen LogP contribution is 2.30. The largest absolute Gasteiger partial charge is 0.478 e. The molecule has 1 aliphatic rings. The van der Waals surface area contributed by atoms with Crippen molar-refractivity contribution in [2.75, 3.05) is 13.1 Å². The molecule has 6 heteroatoms. The highest BCUT2D eigenvalue weighted by molar-refractivity contribution is 5.76. The number of piperidine rings is 1. The molecule has 1 saturated heterocycles. The van der Waals surface area contributed by atoms with Gasteiger partial charge in [0, 0.05) is 19.0 Å². The van der Waals surface area contributed by atoms with Crippen molar-refractivity contribution in [2.45, 2.75) is 38.2 Å². The summed E-state index contributed by atoms with van der Waals surface area (Å²) in [6.07, 6.45) is 0.835. The van der Waals surface area contributed by atoms with E-state index in [2.05, 4.69) is 0 Å². The number of aliphatic carboxylic acids is 1. The summed E-state index contributed by atoms with van der Waals surface area (Å²) < 4.78 is 5.54. The van der Waals surface area contributed by atoms with Crippen molar-refractivity contribution in [2.24, 2.45) is 0 Å². The molecule has 1 heterocycles. The standard InChI is InChI=1S/C16H21NO5/c1-16(2,14(18)19)22-13-7-3-5-11(9-13)12-6-4-8-17(10-12)15(20)21/h3,5,7,9,12H,4,6,8,10H2,1-2H3,(H,18,19)(H,20,21). The first kappa shape index (κ1) is 16.1. The molecule has 2 rings (SSSR count). The van der Waals surface area contributed by atoms with Crippen LogP contribution >= 0.6 is 0 Å². The third kappa shape index (κ3) is 3.69. The Kier molecular flexibility index (Phi) is 4.59. The molecule has 2 N–H and O–H groups in total. The fourth-order valence-corrected chi connectivity index (χ4v) is 2.59. The minimum Gasteiger partial charge on any atom is -0.478 e. The first-order chi connectivity index (χ1) is 10.3. The van der Waals surface area contributed by atoms with Crippen molar-refractivity contribution in [1.29, 1.82) is 0 Å². The number of nitrogens with zero attached hydrogens (tertiary/aromatic N) is 1. The van der Waals surface area contributed by atoms with E-state index in [-0.39, 0.29) is 5.92 Å². The fourth-order valence-electron chi connectivity index (χ4n) is 2.59. The van der Waals surface area contributed by atoms with Crippen LogP contribution in [0.4, 0.5) is 4.79 Å². The van der Waals surface area contributed by atoms with Gasteiger partial charge in [-0.05, 0) is 44.4 Å². The van der Waals surface area contributed by atoms with Crippen LogP contribution in [0.3, 0.4) is 0 Å². The number of ether oxygens (including phenoxy) is 1. The van der Waals surface area contributed by atoms with Crippen LogP contribution in [0.5, 0.6) is 5.75 Å². The average Bonchev–Trinajstić information content (AvgIpc) is 2.47. The first-order valence-electron chi connectivity index (χ1n) is 7.30. The van der Waals surface area contributed by atoms with Gasteiger partial charge in [-0.1, -0.05) is 12.1 Å². The molecule has 0 saturated carbocycles. The number of hydrogen-bond acceptors (Lipinski definition) is 3. The summed E-state index contributed by atoms with van der Waals surface area (Å²) in [6.45, 7) is 4.01. The number of amides is 1. The van der Waals surface area contributed by atoms with Crippen molar-refractivity contribution in [3.63, 3.8) is 0 Å². The van der Waals surface area contributed by atoms with Crippen LogP contribution in [0.15, 0.2) is 24.3 Å². The van der Waals surface area contributed by atoms with E-state index >= 15 is 0 Å². The SMILES string of the molecule is CC(C)(Oc1cccc(C2CCCN(C(=O)O)C2)c1)C(=O)O. The fraction of sp³-hybridized carbons (Fsp3) is 0.500. The molecule has 6 nitrogen and oxygen atoms in total. The molecule has 1 fully saturated rings. The molecule has 1 aromatic rings. The van der Waals surface area contributed by atoms with E-state index < -0.39 is 17.7 Å². The van der Waals surface area contributed by atoms with Crippen molar-refractivity contribution >= 4 is 12.1 Å². The summed E-state index contributed by atoms with van der Waals surface area (Å²) in [5, 5.41) is 18.2. The van der Waals surface area contributed by atoms with E-state index in [4.69, 9.17) is 14.9 Å². The maximum atomic E-state index is 11.1. The van der Waals surface area contributed by atoms with Crippen LogP contribution in [-0.2, 0) is 4.79 Å². The first-order valence-corrected chi connectivity index (χ1v) is 7.30. The maximum Gasteiger partial charge on any atom is 0.407 e. The molecule has 22 heavy (non-hydrogen) atoms. The molecule has 0 radical (unpaired) electrons. The van der Waals surface area contributed by atoms with Gasteiger partial charge in [-0.15, -0.1) is 0 Å². The van der Waals surface area contributed by atoms with Gasteiger partial charge in [0.25, 0.3) is 0 Å². The second kappa shape index (κ2) is 6.25. The Bertz CT molecular complexity index is 569. The molecule has 0 aliphatic carbocycles. The lowest BCUT2D eigenvalue weighted by Gasteiger charge is -2.31. The highest BCUT2D eigenvalue weighted by atomic mass is 16.5. The third-order valence-electron chi connectivity index (χ3n) is 3.91. The average molecular weight is 307 g/mol. The van der Waals surface area contributed by atoms with E-state index in [1.807, 2.05) is 12.1 Å². The lowest BCUT2D eigenvalue weighted by molar-refractivity contribution is -0.152. The summed E-state index contributed by atoms with van der Waals surface area (Å²) in [7, 11) is 0. The molecular weight excluding hydrogens is 286 g/mol. The molecule has 1 amide bonds. The van der Waals surface area contributed by atoms with Gasteiger partial charge >= 0.3 is 12.1 Å².